The van der Waals surface area contributed by atoms with E-state index in [1.165, 1.54) is 0 Å². The van der Waals surface area contributed by atoms with E-state index < -0.39 is 0 Å². The maximum absolute atomic E-state index is 5.78. The highest BCUT2D eigenvalue weighted by atomic mass is 16.5. The van der Waals surface area contributed by atoms with E-state index in [2.05, 4.69) is 25.8 Å². The molecule has 0 saturated carbocycles. The first-order valence-electron chi connectivity index (χ1n) is 7.07. The van der Waals surface area contributed by atoms with Crippen molar-refractivity contribution in [1.82, 2.24) is 4.98 Å². The number of aromatic nitrogens is 1. The summed E-state index contributed by atoms with van der Waals surface area (Å²) in [6.45, 7) is 11.5. The van der Waals surface area contributed by atoms with Gasteiger partial charge in [-0.1, -0.05) is 20.8 Å². The molecule has 0 amide bonds. The van der Waals surface area contributed by atoms with Crippen molar-refractivity contribution in [1.29, 1.82) is 0 Å². The van der Waals surface area contributed by atoms with Crippen molar-refractivity contribution in [3.8, 4) is 5.88 Å². The van der Waals surface area contributed by atoms with Crippen LogP contribution in [-0.2, 0) is 16.7 Å². The van der Waals surface area contributed by atoms with Crippen LogP contribution in [0.25, 0.3) is 0 Å². The molecule has 0 atom stereocenters. The Morgan fingerprint density at radius 3 is 2.30 bits per heavy atom. The summed E-state index contributed by atoms with van der Waals surface area (Å²) >= 11 is 0. The van der Waals surface area contributed by atoms with E-state index in [1.807, 2.05) is 26.0 Å². The van der Waals surface area contributed by atoms with Gasteiger partial charge in [0.15, 0.2) is 0 Å². The highest BCUT2D eigenvalue weighted by Gasteiger charge is 2.19. The lowest BCUT2D eigenvalue weighted by molar-refractivity contribution is 0.00505. The molecule has 114 valence electrons. The van der Waals surface area contributed by atoms with Crippen LogP contribution in [0.2, 0.25) is 0 Å². The van der Waals surface area contributed by atoms with Gasteiger partial charge in [-0.15, -0.1) is 0 Å². The fourth-order valence-corrected chi connectivity index (χ4v) is 1.64. The van der Waals surface area contributed by atoms with E-state index in [0.717, 1.165) is 17.7 Å². The molecule has 0 aliphatic carbocycles. The van der Waals surface area contributed by atoms with E-state index in [0.29, 0.717) is 19.0 Å². The Morgan fingerprint density at radius 2 is 1.80 bits per heavy atom. The van der Waals surface area contributed by atoms with Crippen LogP contribution in [0.15, 0.2) is 12.1 Å². The Labute approximate surface area is 122 Å². The molecule has 0 spiro atoms. The average Bonchev–Trinajstić information content (AvgIpc) is 2.37. The third-order valence-electron chi connectivity index (χ3n) is 3.37. The standard InChI is InChI=1S/C16H28N2O2/c1-15(2,3)13-9-12(11-17)10-14(18-13)20-8-7-16(4,5)19-6/h9-10H,7-8,11,17H2,1-6H3. The van der Waals surface area contributed by atoms with Crippen molar-refractivity contribution in [2.24, 2.45) is 5.73 Å². The largest absolute Gasteiger partial charge is 0.478 e. The van der Waals surface area contributed by atoms with E-state index >= 15 is 0 Å². The topological polar surface area (TPSA) is 57.4 Å². The number of hydrogen-bond donors (Lipinski definition) is 1. The smallest absolute Gasteiger partial charge is 0.213 e. The Balaban J connectivity index is 2.80. The van der Waals surface area contributed by atoms with Crippen LogP contribution < -0.4 is 10.5 Å². The van der Waals surface area contributed by atoms with E-state index in [-0.39, 0.29) is 11.0 Å². The Hall–Kier alpha value is -1.13. The Kier molecular flexibility index (Phi) is 5.54. The number of nitrogens with zero attached hydrogens (tertiary/aromatic N) is 1. The second kappa shape index (κ2) is 6.55. The van der Waals surface area contributed by atoms with E-state index in [4.69, 9.17) is 15.2 Å². The van der Waals surface area contributed by atoms with Gasteiger partial charge in [-0.2, -0.15) is 0 Å². The van der Waals surface area contributed by atoms with Crippen LogP contribution in [0, 0.1) is 0 Å². The zero-order valence-electron chi connectivity index (χ0n) is 13.6. The minimum Gasteiger partial charge on any atom is -0.478 e. The summed E-state index contributed by atoms with van der Waals surface area (Å²) < 4.78 is 11.2. The summed E-state index contributed by atoms with van der Waals surface area (Å²) in [6, 6.07) is 3.96. The fourth-order valence-electron chi connectivity index (χ4n) is 1.64. The van der Waals surface area contributed by atoms with Gasteiger partial charge in [-0.25, -0.2) is 4.98 Å². The molecule has 2 N–H and O–H groups in total. The number of ether oxygens (including phenoxy) is 2. The van der Waals surface area contributed by atoms with Crippen molar-refractivity contribution < 1.29 is 9.47 Å². The maximum Gasteiger partial charge on any atom is 0.213 e. The van der Waals surface area contributed by atoms with Crippen LogP contribution in [0.1, 0.15) is 52.3 Å². The van der Waals surface area contributed by atoms with Gasteiger partial charge < -0.3 is 15.2 Å². The monoisotopic (exact) mass is 280 g/mol. The lowest BCUT2D eigenvalue weighted by atomic mass is 9.91. The molecular formula is C16H28N2O2. The average molecular weight is 280 g/mol. The van der Waals surface area contributed by atoms with Crippen LogP contribution in [-0.4, -0.2) is 24.3 Å². The quantitative estimate of drug-likeness (QED) is 0.870. The number of rotatable bonds is 6. The van der Waals surface area contributed by atoms with Crippen molar-refractivity contribution in [3.05, 3.63) is 23.4 Å². The normalized spacial score (nSPS) is 12.6. The van der Waals surface area contributed by atoms with Crippen LogP contribution >= 0.6 is 0 Å². The van der Waals surface area contributed by atoms with Crippen molar-refractivity contribution >= 4 is 0 Å². The molecule has 1 aromatic heterocycles. The first-order valence-corrected chi connectivity index (χ1v) is 7.07. The molecule has 4 nitrogen and oxygen atoms in total. The summed E-state index contributed by atoms with van der Waals surface area (Å²) in [6.07, 6.45) is 0.808. The second-order valence-corrected chi connectivity index (χ2v) is 6.72. The summed E-state index contributed by atoms with van der Waals surface area (Å²) in [5, 5.41) is 0. The van der Waals surface area contributed by atoms with Crippen molar-refractivity contribution in [2.75, 3.05) is 13.7 Å². The molecule has 1 heterocycles. The molecule has 0 aromatic carbocycles. The summed E-state index contributed by atoms with van der Waals surface area (Å²) in [5.74, 6) is 0.643. The minimum atomic E-state index is -0.182. The Morgan fingerprint density at radius 1 is 1.15 bits per heavy atom. The van der Waals surface area contributed by atoms with Crippen LogP contribution in [0.4, 0.5) is 0 Å². The molecule has 20 heavy (non-hydrogen) atoms. The molecule has 0 unspecified atom stereocenters. The van der Waals surface area contributed by atoms with E-state index in [9.17, 15) is 0 Å². The van der Waals surface area contributed by atoms with Gasteiger partial charge in [-0.3, -0.25) is 0 Å². The molecule has 0 fully saturated rings. The van der Waals surface area contributed by atoms with Gasteiger partial charge in [0.2, 0.25) is 5.88 Å². The third-order valence-corrected chi connectivity index (χ3v) is 3.37. The first kappa shape index (κ1) is 16.9. The van der Waals surface area contributed by atoms with Crippen molar-refractivity contribution in [2.45, 2.75) is 58.6 Å². The van der Waals surface area contributed by atoms with Crippen LogP contribution in [0.3, 0.4) is 0 Å². The molecule has 0 aliphatic rings. The number of pyridine rings is 1. The fraction of sp³-hybridized carbons (Fsp3) is 0.688. The van der Waals surface area contributed by atoms with E-state index in [1.54, 1.807) is 7.11 Å². The molecular weight excluding hydrogens is 252 g/mol. The Bertz CT molecular complexity index is 437. The molecule has 0 radical (unpaired) electrons. The first-order chi connectivity index (χ1) is 9.18. The molecule has 4 heteroatoms. The molecule has 0 saturated heterocycles. The number of nitrogens with two attached hydrogens (primary N) is 1. The summed E-state index contributed by atoms with van der Waals surface area (Å²) in [4.78, 5) is 4.58. The maximum atomic E-state index is 5.78. The van der Waals surface area contributed by atoms with Gasteiger partial charge in [-0.05, 0) is 25.5 Å². The number of hydrogen-bond acceptors (Lipinski definition) is 4. The predicted molar refractivity (Wildman–Crippen MR) is 82.0 cm³/mol. The minimum absolute atomic E-state index is 0.0188. The SMILES string of the molecule is COC(C)(C)CCOc1cc(CN)cc(C(C)(C)C)n1. The zero-order valence-corrected chi connectivity index (χ0v) is 13.6. The zero-order chi connectivity index (χ0) is 15.4. The summed E-state index contributed by atoms with van der Waals surface area (Å²) in [5.41, 5.74) is 7.59. The molecule has 1 aromatic rings. The van der Waals surface area contributed by atoms with Gasteiger partial charge in [0, 0.05) is 31.6 Å². The van der Waals surface area contributed by atoms with Gasteiger partial charge in [0.05, 0.1) is 17.9 Å². The molecule has 0 bridgehead atoms. The van der Waals surface area contributed by atoms with Crippen molar-refractivity contribution in [3.63, 3.8) is 0 Å². The predicted octanol–water partition coefficient (Wildman–Crippen LogP) is 3.03. The summed E-state index contributed by atoms with van der Waals surface area (Å²) in [7, 11) is 1.71. The second-order valence-electron chi connectivity index (χ2n) is 6.72. The molecule has 0 aliphatic heterocycles. The van der Waals surface area contributed by atoms with Gasteiger partial charge >= 0.3 is 0 Å². The highest BCUT2D eigenvalue weighted by molar-refractivity contribution is 5.28. The molecule has 1 rings (SSSR count). The number of methoxy groups -OCH3 is 1. The highest BCUT2D eigenvalue weighted by Crippen LogP contribution is 2.24. The van der Waals surface area contributed by atoms with Gasteiger partial charge in [0.25, 0.3) is 0 Å². The van der Waals surface area contributed by atoms with Gasteiger partial charge in [0.1, 0.15) is 0 Å². The van der Waals surface area contributed by atoms with Crippen LogP contribution in [0.5, 0.6) is 5.88 Å². The third kappa shape index (κ3) is 5.10. The lowest BCUT2D eigenvalue weighted by Gasteiger charge is -2.23. The lowest BCUT2D eigenvalue weighted by Crippen LogP contribution is -2.25.